The minimum atomic E-state index is -0.214. The first-order valence-electron chi connectivity index (χ1n) is 7.62. The van der Waals surface area contributed by atoms with Crippen LogP contribution in [0.4, 0.5) is 0 Å². The first kappa shape index (κ1) is 15.8. The van der Waals surface area contributed by atoms with E-state index in [-0.39, 0.29) is 24.1 Å². The molecule has 2 rings (SSSR count). The van der Waals surface area contributed by atoms with Crippen molar-refractivity contribution in [2.45, 2.75) is 31.7 Å². The standard InChI is InChI=1S/C15H23N3O3/c16-11-13(15(20)17-6-9-21-10-7-17)12-18-5-2-1-3-14(18)4-8-19/h12,14,19H,1-10H2/b13-12-. The Labute approximate surface area is 125 Å². The van der Waals surface area contributed by atoms with Crippen LogP contribution in [0.5, 0.6) is 0 Å². The van der Waals surface area contributed by atoms with Gasteiger partial charge in [0.2, 0.25) is 0 Å². The summed E-state index contributed by atoms with van der Waals surface area (Å²) in [5, 5.41) is 18.4. The lowest BCUT2D eigenvalue weighted by atomic mass is 10.00. The number of nitriles is 1. The molecule has 6 heteroatoms. The number of aliphatic hydroxyl groups excluding tert-OH is 1. The first-order valence-corrected chi connectivity index (χ1v) is 7.62. The maximum Gasteiger partial charge on any atom is 0.266 e. The summed E-state index contributed by atoms with van der Waals surface area (Å²) >= 11 is 0. The van der Waals surface area contributed by atoms with Crippen molar-refractivity contribution in [2.75, 3.05) is 39.5 Å². The number of piperidine rings is 1. The molecule has 0 aliphatic carbocycles. The molecule has 21 heavy (non-hydrogen) atoms. The van der Waals surface area contributed by atoms with Crippen molar-refractivity contribution in [2.24, 2.45) is 0 Å². The van der Waals surface area contributed by atoms with Crippen LogP contribution in [-0.2, 0) is 9.53 Å². The van der Waals surface area contributed by atoms with Crippen LogP contribution in [-0.4, -0.2) is 66.3 Å². The zero-order valence-electron chi connectivity index (χ0n) is 12.3. The van der Waals surface area contributed by atoms with Gasteiger partial charge in [-0.05, 0) is 25.7 Å². The number of amides is 1. The zero-order valence-corrected chi connectivity index (χ0v) is 12.3. The number of morpholine rings is 1. The molecule has 0 aromatic heterocycles. The van der Waals surface area contributed by atoms with Crippen LogP contribution in [0.15, 0.2) is 11.8 Å². The lowest BCUT2D eigenvalue weighted by molar-refractivity contribution is -0.130. The average Bonchev–Trinajstić information content (AvgIpc) is 2.54. The van der Waals surface area contributed by atoms with E-state index < -0.39 is 0 Å². The van der Waals surface area contributed by atoms with Gasteiger partial charge in [0, 0.05) is 38.5 Å². The molecule has 2 heterocycles. The second-order valence-electron chi connectivity index (χ2n) is 5.46. The molecule has 2 aliphatic rings. The van der Waals surface area contributed by atoms with Crippen molar-refractivity contribution in [3.05, 3.63) is 11.8 Å². The smallest absolute Gasteiger partial charge is 0.266 e. The van der Waals surface area contributed by atoms with E-state index in [0.717, 1.165) is 25.8 Å². The molecule has 0 bridgehead atoms. The van der Waals surface area contributed by atoms with Crippen molar-refractivity contribution < 1.29 is 14.6 Å². The number of likely N-dealkylation sites (tertiary alicyclic amines) is 1. The zero-order chi connectivity index (χ0) is 15.1. The van der Waals surface area contributed by atoms with Gasteiger partial charge in [0.25, 0.3) is 5.91 Å². The van der Waals surface area contributed by atoms with Crippen LogP contribution in [0, 0.1) is 11.3 Å². The summed E-state index contributed by atoms with van der Waals surface area (Å²) < 4.78 is 5.23. The summed E-state index contributed by atoms with van der Waals surface area (Å²) in [5.74, 6) is -0.214. The van der Waals surface area contributed by atoms with E-state index in [1.165, 1.54) is 0 Å². The molecule has 2 aliphatic heterocycles. The number of hydrogen-bond acceptors (Lipinski definition) is 5. The molecule has 116 valence electrons. The Bertz CT molecular complexity index is 422. The van der Waals surface area contributed by atoms with E-state index in [9.17, 15) is 10.1 Å². The number of carbonyl (C=O) groups excluding carboxylic acids is 1. The number of nitrogens with zero attached hydrogens (tertiary/aromatic N) is 3. The molecular weight excluding hydrogens is 270 g/mol. The summed E-state index contributed by atoms with van der Waals surface area (Å²) in [6.45, 7) is 3.11. The summed E-state index contributed by atoms with van der Waals surface area (Å²) in [4.78, 5) is 16.1. The van der Waals surface area contributed by atoms with Gasteiger partial charge < -0.3 is 19.6 Å². The molecule has 0 aromatic rings. The van der Waals surface area contributed by atoms with Gasteiger partial charge in [-0.15, -0.1) is 0 Å². The number of ether oxygens (including phenoxy) is 1. The van der Waals surface area contributed by atoms with Crippen molar-refractivity contribution in [1.29, 1.82) is 5.26 Å². The predicted octanol–water partition coefficient (Wildman–Crippen LogP) is 0.490. The molecule has 1 unspecified atom stereocenters. The highest BCUT2D eigenvalue weighted by molar-refractivity contribution is 5.97. The lowest BCUT2D eigenvalue weighted by Crippen LogP contribution is -2.42. The Balaban J connectivity index is 2.07. The van der Waals surface area contributed by atoms with Crippen molar-refractivity contribution in [1.82, 2.24) is 9.80 Å². The Morgan fingerprint density at radius 1 is 1.33 bits per heavy atom. The van der Waals surface area contributed by atoms with Crippen LogP contribution < -0.4 is 0 Å². The molecule has 0 radical (unpaired) electrons. The summed E-state index contributed by atoms with van der Waals surface area (Å²) in [7, 11) is 0. The molecule has 0 saturated carbocycles. The number of rotatable bonds is 4. The predicted molar refractivity (Wildman–Crippen MR) is 77.1 cm³/mol. The number of carbonyl (C=O) groups is 1. The van der Waals surface area contributed by atoms with E-state index in [4.69, 9.17) is 9.84 Å². The highest BCUT2D eigenvalue weighted by Gasteiger charge is 2.24. The monoisotopic (exact) mass is 293 g/mol. The molecule has 2 saturated heterocycles. The van der Waals surface area contributed by atoms with Crippen LogP contribution in [0.25, 0.3) is 0 Å². The van der Waals surface area contributed by atoms with Gasteiger partial charge in [0.15, 0.2) is 0 Å². The number of hydrogen-bond donors (Lipinski definition) is 1. The van der Waals surface area contributed by atoms with Crippen molar-refractivity contribution in [3.63, 3.8) is 0 Å². The highest BCUT2D eigenvalue weighted by atomic mass is 16.5. The first-order chi connectivity index (χ1) is 10.3. The largest absolute Gasteiger partial charge is 0.396 e. The van der Waals surface area contributed by atoms with Gasteiger partial charge in [-0.1, -0.05) is 0 Å². The fourth-order valence-electron chi connectivity index (χ4n) is 2.89. The third-order valence-electron chi connectivity index (χ3n) is 4.08. The van der Waals surface area contributed by atoms with E-state index in [2.05, 4.69) is 4.90 Å². The second-order valence-corrected chi connectivity index (χ2v) is 5.46. The minimum absolute atomic E-state index is 0.133. The van der Waals surface area contributed by atoms with Gasteiger partial charge in [-0.2, -0.15) is 5.26 Å². The molecule has 2 fully saturated rings. The molecule has 1 amide bonds. The normalized spacial score (nSPS) is 23.8. The van der Waals surface area contributed by atoms with E-state index >= 15 is 0 Å². The molecule has 6 nitrogen and oxygen atoms in total. The van der Waals surface area contributed by atoms with Gasteiger partial charge in [0.05, 0.1) is 13.2 Å². The third kappa shape index (κ3) is 4.19. The Kier molecular flexibility index (Phi) is 6.03. The van der Waals surface area contributed by atoms with Crippen molar-refractivity contribution >= 4 is 5.91 Å². The van der Waals surface area contributed by atoms with Gasteiger partial charge >= 0.3 is 0 Å². The van der Waals surface area contributed by atoms with E-state index in [1.54, 1.807) is 11.1 Å². The van der Waals surface area contributed by atoms with E-state index in [1.807, 2.05) is 6.07 Å². The van der Waals surface area contributed by atoms with Gasteiger partial charge in [0.1, 0.15) is 11.6 Å². The van der Waals surface area contributed by atoms with Crippen LogP contribution >= 0.6 is 0 Å². The van der Waals surface area contributed by atoms with Gasteiger partial charge in [-0.25, -0.2) is 0 Å². The van der Waals surface area contributed by atoms with Gasteiger partial charge in [-0.3, -0.25) is 4.79 Å². The second kappa shape index (κ2) is 8.01. The fraction of sp³-hybridized carbons (Fsp3) is 0.733. The topological polar surface area (TPSA) is 76.8 Å². The lowest BCUT2D eigenvalue weighted by Gasteiger charge is -2.35. The minimum Gasteiger partial charge on any atom is -0.396 e. The highest BCUT2D eigenvalue weighted by Crippen LogP contribution is 2.21. The van der Waals surface area contributed by atoms with Crippen LogP contribution in [0.1, 0.15) is 25.7 Å². The van der Waals surface area contributed by atoms with Crippen LogP contribution in [0.3, 0.4) is 0 Å². The SMILES string of the molecule is N#C/C(=C/N1CCCCC1CCO)C(=O)N1CCOCC1. The van der Waals surface area contributed by atoms with Crippen LogP contribution in [0.2, 0.25) is 0 Å². The molecular formula is C15H23N3O3. The molecule has 0 aromatic carbocycles. The Hall–Kier alpha value is -1.58. The quantitative estimate of drug-likeness (QED) is 0.603. The molecule has 1 atom stereocenters. The summed E-state index contributed by atoms with van der Waals surface area (Å²) in [6.07, 6.45) is 5.57. The Morgan fingerprint density at radius 2 is 2.10 bits per heavy atom. The average molecular weight is 293 g/mol. The van der Waals surface area contributed by atoms with E-state index in [0.29, 0.717) is 32.7 Å². The maximum atomic E-state index is 12.4. The van der Waals surface area contributed by atoms with Crippen molar-refractivity contribution in [3.8, 4) is 6.07 Å². The third-order valence-corrected chi connectivity index (χ3v) is 4.08. The fourth-order valence-corrected chi connectivity index (χ4v) is 2.89. The number of aliphatic hydroxyl groups is 1. The summed E-state index contributed by atoms with van der Waals surface area (Å²) in [6, 6.07) is 2.26. The Morgan fingerprint density at radius 3 is 2.76 bits per heavy atom. The summed E-state index contributed by atoms with van der Waals surface area (Å²) in [5.41, 5.74) is 0.182. The maximum absolute atomic E-state index is 12.4. The molecule has 1 N–H and O–H groups in total. The molecule has 0 spiro atoms.